The van der Waals surface area contributed by atoms with Gasteiger partial charge < -0.3 is 19.8 Å². The zero-order valence-electron chi connectivity index (χ0n) is 14.4. The standard InChI is InChI=1S/C17H19Br2O3P.CH4O/c1-10(2)13-9-12(3-4-16(13)20)22-17-14(18)7-11(5-6-23-21)8-15(17)19;1-2/h3-4,7-10,20-21,23H,5-6H2,1-2H3;2H,1H3. The quantitative estimate of drug-likeness (QED) is 0.460. The van der Waals surface area contributed by atoms with Crippen LogP contribution in [-0.4, -0.2) is 28.4 Å². The first-order valence-corrected chi connectivity index (χ1v) is 10.5. The highest BCUT2D eigenvalue weighted by molar-refractivity contribution is 9.11. The summed E-state index contributed by atoms with van der Waals surface area (Å²) in [4.78, 5) is 8.97. The summed E-state index contributed by atoms with van der Waals surface area (Å²) in [6, 6.07) is 9.28. The number of halogens is 2. The first-order chi connectivity index (χ1) is 11.9. The summed E-state index contributed by atoms with van der Waals surface area (Å²) >= 11 is 7.09. The summed E-state index contributed by atoms with van der Waals surface area (Å²) < 4.78 is 7.69. The van der Waals surface area contributed by atoms with Crippen molar-refractivity contribution in [2.75, 3.05) is 13.3 Å². The van der Waals surface area contributed by atoms with Gasteiger partial charge in [0.1, 0.15) is 11.5 Å². The third kappa shape index (κ3) is 6.54. The van der Waals surface area contributed by atoms with Crippen LogP contribution in [0.15, 0.2) is 39.3 Å². The third-order valence-electron chi connectivity index (χ3n) is 3.42. The first-order valence-electron chi connectivity index (χ1n) is 7.72. The first kappa shape index (κ1) is 22.4. The van der Waals surface area contributed by atoms with E-state index in [0.717, 1.165) is 39.8 Å². The summed E-state index contributed by atoms with van der Waals surface area (Å²) in [5.74, 6) is 1.87. The summed E-state index contributed by atoms with van der Waals surface area (Å²) in [6.45, 7) is 4.06. The van der Waals surface area contributed by atoms with Gasteiger partial charge in [-0.1, -0.05) is 13.8 Å². The fraction of sp³-hybridized carbons (Fsp3) is 0.333. The molecule has 0 bridgehead atoms. The summed E-state index contributed by atoms with van der Waals surface area (Å²) in [5, 5.41) is 16.9. The van der Waals surface area contributed by atoms with Crippen molar-refractivity contribution >= 4 is 40.7 Å². The van der Waals surface area contributed by atoms with Gasteiger partial charge in [0, 0.05) is 21.5 Å². The Morgan fingerprint density at radius 2 is 1.68 bits per heavy atom. The van der Waals surface area contributed by atoms with E-state index < -0.39 is 0 Å². The fourth-order valence-corrected chi connectivity index (χ4v) is 4.07. The SMILES string of the molecule is CC(C)c1cc(Oc2c(Br)cc(CCPO)cc2Br)ccc1O.CO. The average molecular weight is 494 g/mol. The smallest absolute Gasteiger partial charge is 0.155 e. The highest BCUT2D eigenvalue weighted by Gasteiger charge is 2.13. The second kappa shape index (κ2) is 11.1. The zero-order valence-corrected chi connectivity index (χ0v) is 18.6. The Balaban J connectivity index is 0.00000151. The Labute approximate surface area is 167 Å². The second-order valence-electron chi connectivity index (χ2n) is 5.52. The maximum absolute atomic E-state index is 9.91. The molecule has 0 amide bonds. The van der Waals surface area contributed by atoms with Crippen LogP contribution in [0.4, 0.5) is 0 Å². The number of ether oxygens (including phenoxy) is 1. The molecule has 0 heterocycles. The van der Waals surface area contributed by atoms with Crippen LogP contribution < -0.4 is 4.74 Å². The van der Waals surface area contributed by atoms with Crippen molar-refractivity contribution in [2.24, 2.45) is 0 Å². The van der Waals surface area contributed by atoms with Crippen molar-refractivity contribution in [2.45, 2.75) is 26.2 Å². The van der Waals surface area contributed by atoms with Crippen LogP contribution >= 0.6 is 40.7 Å². The van der Waals surface area contributed by atoms with Gasteiger partial charge in [0.05, 0.1) is 8.95 Å². The molecule has 2 aromatic rings. The number of aliphatic hydroxyl groups is 1. The molecule has 1 atom stereocenters. The molecular weight excluding hydrogens is 471 g/mol. The third-order valence-corrected chi connectivity index (χ3v) is 5.08. The minimum absolute atomic E-state index is 0.0390. The molecule has 0 fully saturated rings. The maximum Gasteiger partial charge on any atom is 0.155 e. The van der Waals surface area contributed by atoms with Crippen molar-refractivity contribution in [3.8, 4) is 17.2 Å². The molecule has 0 radical (unpaired) electrons. The van der Waals surface area contributed by atoms with E-state index in [1.807, 2.05) is 32.0 Å². The monoisotopic (exact) mass is 492 g/mol. The molecule has 0 saturated carbocycles. The molecule has 2 aromatic carbocycles. The molecule has 3 N–H and O–H groups in total. The van der Waals surface area contributed by atoms with Crippen LogP contribution in [0.2, 0.25) is 0 Å². The van der Waals surface area contributed by atoms with E-state index in [9.17, 15) is 5.11 Å². The summed E-state index contributed by atoms with van der Waals surface area (Å²) in [5.41, 5.74) is 1.99. The van der Waals surface area contributed by atoms with Crippen molar-refractivity contribution in [3.05, 3.63) is 50.4 Å². The molecule has 7 heteroatoms. The number of phenols is 1. The number of rotatable bonds is 6. The van der Waals surface area contributed by atoms with E-state index in [2.05, 4.69) is 31.9 Å². The number of phenolic OH excluding ortho intramolecular Hbond substituents is 1. The van der Waals surface area contributed by atoms with E-state index in [4.69, 9.17) is 14.7 Å². The Kier molecular flexibility index (Phi) is 9.98. The van der Waals surface area contributed by atoms with Crippen molar-refractivity contribution < 1.29 is 19.8 Å². The van der Waals surface area contributed by atoms with Crippen molar-refractivity contribution in [1.29, 1.82) is 0 Å². The van der Waals surface area contributed by atoms with Crippen LogP contribution in [-0.2, 0) is 6.42 Å². The van der Waals surface area contributed by atoms with Gasteiger partial charge in [-0.15, -0.1) is 0 Å². The van der Waals surface area contributed by atoms with Crippen LogP contribution in [0.5, 0.6) is 17.2 Å². The zero-order chi connectivity index (χ0) is 19.0. The molecule has 138 valence electrons. The normalized spacial score (nSPS) is 10.9. The molecule has 0 aromatic heterocycles. The number of hydrogen-bond donors (Lipinski definition) is 3. The summed E-state index contributed by atoms with van der Waals surface area (Å²) in [7, 11) is 0.961. The largest absolute Gasteiger partial charge is 0.508 e. The second-order valence-corrected chi connectivity index (χ2v) is 8.05. The molecule has 1 unspecified atom stereocenters. The molecule has 25 heavy (non-hydrogen) atoms. The lowest BCUT2D eigenvalue weighted by molar-refractivity contribution is 0.399. The summed E-state index contributed by atoms with van der Waals surface area (Å²) in [6.07, 6.45) is 1.58. The van der Waals surface area contributed by atoms with Crippen LogP contribution in [0, 0.1) is 0 Å². The van der Waals surface area contributed by atoms with E-state index in [0.29, 0.717) is 11.5 Å². The Bertz CT molecular complexity index is 670. The molecule has 0 spiro atoms. The number of hydrogen-bond acceptors (Lipinski definition) is 4. The molecule has 2 rings (SSSR count). The lowest BCUT2D eigenvalue weighted by atomic mass is 10.0. The van der Waals surface area contributed by atoms with Crippen molar-refractivity contribution in [3.63, 3.8) is 0 Å². The minimum Gasteiger partial charge on any atom is -0.508 e. The van der Waals surface area contributed by atoms with Crippen LogP contribution in [0.3, 0.4) is 0 Å². The van der Waals surface area contributed by atoms with Gasteiger partial charge in [-0.05, 0) is 86.3 Å². The molecule has 0 aliphatic carbocycles. The predicted octanol–water partition coefficient (Wildman–Crippen LogP) is 5.57. The highest BCUT2D eigenvalue weighted by atomic mass is 79.9. The van der Waals surface area contributed by atoms with Crippen LogP contribution in [0.1, 0.15) is 30.9 Å². The average Bonchev–Trinajstić information content (AvgIpc) is 2.59. The van der Waals surface area contributed by atoms with Gasteiger partial charge in [-0.3, -0.25) is 0 Å². The molecular formula is C18H23Br2O4P. The van der Waals surface area contributed by atoms with Crippen molar-refractivity contribution in [1.82, 2.24) is 0 Å². The Morgan fingerprint density at radius 3 is 2.20 bits per heavy atom. The predicted molar refractivity (Wildman–Crippen MR) is 111 cm³/mol. The van der Waals surface area contributed by atoms with E-state index >= 15 is 0 Å². The fourth-order valence-electron chi connectivity index (χ4n) is 2.23. The number of aryl methyl sites for hydroxylation is 1. The Morgan fingerprint density at radius 1 is 1.08 bits per heavy atom. The molecule has 4 nitrogen and oxygen atoms in total. The number of aliphatic hydroxyl groups excluding tert-OH is 1. The van der Waals surface area contributed by atoms with Gasteiger partial charge in [-0.25, -0.2) is 0 Å². The Hall–Kier alpha value is -0.650. The molecule has 0 aliphatic heterocycles. The molecule has 0 aliphatic rings. The maximum atomic E-state index is 9.91. The van der Waals surface area contributed by atoms with Gasteiger partial charge in [-0.2, -0.15) is 0 Å². The number of benzene rings is 2. The van der Waals surface area contributed by atoms with Gasteiger partial charge in [0.2, 0.25) is 0 Å². The van der Waals surface area contributed by atoms with Gasteiger partial charge in [0.25, 0.3) is 0 Å². The lowest BCUT2D eigenvalue weighted by Gasteiger charge is -2.14. The highest BCUT2D eigenvalue weighted by Crippen LogP contribution is 2.39. The molecule has 0 saturated heterocycles. The number of aromatic hydroxyl groups is 1. The van der Waals surface area contributed by atoms with Gasteiger partial charge >= 0.3 is 0 Å². The van der Waals surface area contributed by atoms with E-state index in [1.54, 1.807) is 12.1 Å². The van der Waals surface area contributed by atoms with Crippen LogP contribution in [0.25, 0.3) is 0 Å². The topological polar surface area (TPSA) is 69.9 Å². The van der Waals surface area contributed by atoms with E-state index in [1.165, 1.54) is 0 Å². The lowest BCUT2D eigenvalue weighted by Crippen LogP contribution is -1.94. The van der Waals surface area contributed by atoms with Gasteiger partial charge in [0.15, 0.2) is 5.75 Å². The van der Waals surface area contributed by atoms with E-state index in [-0.39, 0.29) is 20.5 Å². The minimum atomic E-state index is -0.0390.